The zero-order valence-electron chi connectivity index (χ0n) is 15.9. The van der Waals surface area contributed by atoms with Gasteiger partial charge in [0.1, 0.15) is 11.3 Å². The molecule has 0 radical (unpaired) electrons. The number of amides is 2. The van der Waals surface area contributed by atoms with Gasteiger partial charge in [-0.2, -0.15) is 0 Å². The van der Waals surface area contributed by atoms with Crippen molar-refractivity contribution < 1.29 is 18.7 Å². The van der Waals surface area contributed by atoms with E-state index in [1.807, 2.05) is 0 Å². The highest BCUT2D eigenvalue weighted by atomic mass is 16.5. The number of carbonyl (C=O) groups is 2. The molecule has 1 aromatic heterocycles. The standard InChI is InChI=1S/C22H22N2O4/c1-13(25)23-19-11-17(6-7-20(19)27-2)24-22(26)10-16-12-28-21-9-15-5-3-4-14(15)8-18(16)21/h6-9,11-12H,3-5,10H2,1-2H3,(H,23,25)(H,24,26). The fourth-order valence-corrected chi connectivity index (χ4v) is 3.74. The fourth-order valence-electron chi connectivity index (χ4n) is 3.74. The number of rotatable bonds is 5. The third-order valence-electron chi connectivity index (χ3n) is 5.01. The molecular weight excluding hydrogens is 356 g/mol. The number of hydrogen-bond acceptors (Lipinski definition) is 4. The van der Waals surface area contributed by atoms with Crippen molar-refractivity contribution in [1.29, 1.82) is 0 Å². The predicted octanol–water partition coefficient (Wildman–Crippen LogP) is 4.07. The molecule has 0 unspecified atom stereocenters. The smallest absolute Gasteiger partial charge is 0.228 e. The number of nitrogens with one attached hydrogen (secondary N) is 2. The first kappa shape index (κ1) is 18.1. The van der Waals surface area contributed by atoms with Gasteiger partial charge in [-0.3, -0.25) is 9.59 Å². The number of ether oxygens (including phenoxy) is 1. The molecule has 0 fully saturated rings. The molecule has 6 heteroatoms. The number of furan rings is 1. The van der Waals surface area contributed by atoms with Crippen LogP contribution in [0.2, 0.25) is 0 Å². The Labute approximate surface area is 162 Å². The number of carbonyl (C=O) groups excluding carboxylic acids is 2. The summed E-state index contributed by atoms with van der Waals surface area (Å²) in [4.78, 5) is 23.9. The molecule has 4 rings (SSSR count). The lowest BCUT2D eigenvalue weighted by atomic mass is 10.0. The van der Waals surface area contributed by atoms with Gasteiger partial charge in [0.25, 0.3) is 0 Å². The Morgan fingerprint density at radius 3 is 2.64 bits per heavy atom. The molecule has 6 nitrogen and oxygen atoms in total. The Kier molecular flexibility index (Phi) is 4.77. The molecule has 144 valence electrons. The zero-order chi connectivity index (χ0) is 19.7. The normalized spacial score (nSPS) is 12.6. The molecule has 2 amide bonds. The highest BCUT2D eigenvalue weighted by molar-refractivity contribution is 5.97. The lowest BCUT2D eigenvalue weighted by Crippen LogP contribution is -2.15. The largest absolute Gasteiger partial charge is 0.495 e. The first-order chi connectivity index (χ1) is 13.5. The molecule has 3 aromatic rings. The first-order valence-electron chi connectivity index (χ1n) is 9.31. The summed E-state index contributed by atoms with van der Waals surface area (Å²) in [5.74, 6) is 0.171. The molecule has 1 heterocycles. The van der Waals surface area contributed by atoms with Crippen molar-refractivity contribution in [1.82, 2.24) is 0 Å². The van der Waals surface area contributed by atoms with Crippen LogP contribution in [-0.4, -0.2) is 18.9 Å². The highest BCUT2D eigenvalue weighted by Gasteiger charge is 2.17. The number of benzene rings is 2. The van der Waals surface area contributed by atoms with Crippen molar-refractivity contribution in [3.63, 3.8) is 0 Å². The van der Waals surface area contributed by atoms with E-state index < -0.39 is 0 Å². The SMILES string of the molecule is COc1ccc(NC(=O)Cc2coc3cc4c(cc23)CCC4)cc1NC(C)=O. The minimum absolute atomic E-state index is 0.151. The average Bonchev–Trinajstić information content (AvgIpc) is 3.26. The Bertz CT molecular complexity index is 1070. The van der Waals surface area contributed by atoms with E-state index in [-0.39, 0.29) is 18.2 Å². The van der Waals surface area contributed by atoms with Crippen LogP contribution in [0.25, 0.3) is 11.0 Å². The summed E-state index contributed by atoms with van der Waals surface area (Å²) in [6.45, 7) is 1.42. The van der Waals surface area contributed by atoms with Crippen molar-refractivity contribution in [3.8, 4) is 5.75 Å². The van der Waals surface area contributed by atoms with Gasteiger partial charge in [-0.05, 0) is 60.7 Å². The third-order valence-corrected chi connectivity index (χ3v) is 5.01. The maximum Gasteiger partial charge on any atom is 0.228 e. The van der Waals surface area contributed by atoms with Crippen LogP contribution in [0.5, 0.6) is 5.75 Å². The van der Waals surface area contributed by atoms with Gasteiger partial charge < -0.3 is 19.8 Å². The molecule has 0 aliphatic heterocycles. The van der Waals surface area contributed by atoms with Gasteiger partial charge in [0, 0.05) is 23.6 Å². The van der Waals surface area contributed by atoms with Gasteiger partial charge in [-0.25, -0.2) is 0 Å². The Balaban J connectivity index is 1.52. The average molecular weight is 378 g/mol. The molecule has 1 aliphatic rings. The third kappa shape index (κ3) is 3.58. The molecular formula is C22H22N2O4. The van der Waals surface area contributed by atoms with Gasteiger partial charge in [0.05, 0.1) is 25.5 Å². The van der Waals surface area contributed by atoms with Gasteiger partial charge in [-0.15, -0.1) is 0 Å². The van der Waals surface area contributed by atoms with Crippen LogP contribution < -0.4 is 15.4 Å². The summed E-state index contributed by atoms with van der Waals surface area (Å²) in [6, 6.07) is 9.38. The van der Waals surface area contributed by atoms with E-state index in [2.05, 4.69) is 22.8 Å². The molecule has 2 N–H and O–H groups in total. The summed E-state index contributed by atoms with van der Waals surface area (Å²) >= 11 is 0. The minimum Gasteiger partial charge on any atom is -0.495 e. The number of aryl methyl sites for hydroxylation is 2. The second-order valence-corrected chi connectivity index (χ2v) is 7.05. The van der Waals surface area contributed by atoms with Gasteiger partial charge in [0.15, 0.2) is 0 Å². The first-order valence-corrected chi connectivity index (χ1v) is 9.31. The summed E-state index contributed by atoms with van der Waals surface area (Å²) in [5, 5.41) is 6.58. The van der Waals surface area contributed by atoms with Crippen LogP contribution in [0.15, 0.2) is 41.0 Å². The minimum atomic E-state index is -0.209. The molecule has 0 atom stereocenters. The fraction of sp³-hybridized carbons (Fsp3) is 0.273. The van der Waals surface area contributed by atoms with Crippen LogP contribution in [0, 0.1) is 0 Å². The summed E-state index contributed by atoms with van der Waals surface area (Å²) in [5.41, 5.74) is 5.51. The maximum absolute atomic E-state index is 12.6. The van der Waals surface area contributed by atoms with E-state index in [0.717, 1.165) is 29.4 Å². The van der Waals surface area contributed by atoms with E-state index in [1.165, 1.54) is 31.6 Å². The van der Waals surface area contributed by atoms with E-state index in [9.17, 15) is 9.59 Å². The number of anilines is 2. The summed E-state index contributed by atoms with van der Waals surface area (Å²) in [7, 11) is 1.53. The maximum atomic E-state index is 12.6. The molecule has 0 bridgehead atoms. The second-order valence-electron chi connectivity index (χ2n) is 7.05. The van der Waals surface area contributed by atoms with Gasteiger partial charge >= 0.3 is 0 Å². The van der Waals surface area contributed by atoms with Crippen LogP contribution in [-0.2, 0) is 28.9 Å². The quantitative estimate of drug-likeness (QED) is 0.701. The lowest BCUT2D eigenvalue weighted by molar-refractivity contribution is -0.115. The van der Waals surface area contributed by atoms with Crippen molar-refractivity contribution in [2.75, 3.05) is 17.7 Å². The van der Waals surface area contributed by atoms with E-state index in [0.29, 0.717) is 17.1 Å². The molecule has 0 spiro atoms. The molecule has 1 aliphatic carbocycles. The van der Waals surface area contributed by atoms with E-state index in [4.69, 9.17) is 9.15 Å². The Morgan fingerprint density at radius 1 is 1.11 bits per heavy atom. The summed E-state index contributed by atoms with van der Waals surface area (Å²) < 4.78 is 10.9. The second kappa shape index (κ2) is 7.38. The van der Waals surface area contributed by atoms with Crippen LogP contribution in [0.4, 0.5) is 11.4 Å². The van der Waals surface area contributed by atoms with Crippen molar-refractivity contribution >= 4 is 34.2 Å². The molecule has 2 aromatic carbocycles. The zero-order valence-corrected chi connectivity index (χ0v) is 15.9. The number of hydrogen-bond donors (Lipinski definition) is 2. The monoisotopic (exact) mass is 378 g/mol. The highest BCUT2D eigenvalue weighted by Crippen LogP contribution is 2.31. The van der Waals surface area contributed by atoms with Crippen LogP contribution >= 0.6 is 0 Å². The predicted molar refractivity (Wildman–Crippen MR) is 108 cm³/mol. The van der Waals surface area contributed by atoms with Gasteiger partial charge in [0.2, 0.25) is 11.8 Å². The molecule has 0 saturated heterocycles. The summed E-state index contributed by atoms with van der Waals surface area (Å²) in [6.07, 6.45) is 5.23. The van der Waals surface area contributed by atoms with Gasteiger partial charge in [-0.1, -0.05) is 0 Å². The Morgan fingerprint density at radius 2 is 1.89 bits per heavy atom. The number of methoxy groups -OCH3 is 1. The van der Waals surface area contributed by atoms with Crippen molar-refractivity contribution in [3.05, 3.63) is 53.3 Å². The van der Waals surface area contributed by atoms with Crippen molar-refractivity contribution in [2.45, 2.75) is 32.6 Å². The topological polar surface area (TPSA) is 80.6 Å². The van der Waals surface area contributed by atoms with Crippen LogP contribution in [0.3, 0.4) is 0 Å². The number of fused-ring (bicyclic) bond motifs is 2. The van der Waals surface area contributed by atoms with E-state index in [1.54, 1.807) is 24.5 Å². The van der Waals surface area contributed by atoms with Crippen molar-refractivity contribution in [2.24, 2.45) is 0 Å². The van der Waals surface area contributed by atoms with E-state index >= 15 is 0 Å². The lowest BCUT2D eigenvalue weighted by Gasteiger charge is -2.12. The Hall–Kier alpha value is -3.28. The molecule has 28 heavy (non-hydrogen) atoms. The molecule has 0 saturated carbocycles. The van der Waals surface area contributed by atoms with Crippen LogP contribution in [0.1, 0.15) is 30.0 Å².